The van der Waals surface area contributed by atoms with E-state index in [2.05, 4.69) is 0 Å². The maximum Gasteiger partial charge on any atom is 0.225 e. The minimum absolute atomic E-state index is 0.0587. The number of carbonyl (C=O) groups excluding carboxylic acids is 2. The zero-order chi connectivity index (χ0) is 17.1. The van der Waals surface area contributed by atoms with E-state index in [0.717, 1.165) is 12.2 Å². The molecule has 0 spiro atoms. The number of hydrogen-bond acceptors (Lipinski definition) is 6. The van der Waals surface area contributed by atoms with Gasteiger partial charge in [-0.05, 0) is 24.3 Å². The predicted molar refractivity (Wildman–Crippen MR) is 83.6 cm³/mol. The first-order valence-corrected chi connectivity index (χ1v) is 6.98. The standard InChI is InChI=1S/C18H12O6/c19-11-5-1-3-7-15(11)23-17-9-14(22)18(10-13(17)21)24-16-8-4-2-6-12(16)20/h1-10,19-20H. The van der Waals surface area contributed by atoms with Crippen LogP contribution in [0.1, 0.15) is 0 Å². The molecule has 0 unspecified atom stereocenters. The van der Waals surface area contributed by atoms with Crippen LogP contribution in [-0.2, 0) is 9.59 Å². The molecule has 0 amide bonds. The van der Waals surface area contributed by atoms with Crippen LogP contribution >= 0.6 is 0 Å². The predicted octanol–water partition coefficient (Wildman–Crippen LogP) is 2.48. The fraction of sp³-hybridized carbons (Fsp3) is 0. The van der Waals surface area contributed by atoms with E-state index >= 15 is 0 Å². The lowest BCUT2D eigenvalue weighted by Crippen LogP contribution is -2.19. The molecule has 1 aliphatic carbocycles. The van der Waals surface area contributed by atoms with Crippen molar-refractivity contribution in [3.8, 4) is 23.0 Å². The molecule has 0 radical (unpaired) electrons. The Kier molecular flexibility index (Phi) is 4.03. The number of allylic oxidation sites excluding steroid dienone is 2. The van der Waals surface area contributed by atoms with Gasteiger partial charge >= 0.3 is 0 Å². The third-order valence-electron chi connectivity index (χ3n) is 3.18. The van der Waals surface area contributed by atoms with Gasteiger partial charge in [0.25, 0.3) is 0 Å². The summed E-state index contributed by atoms with van der Waals surface area (Å²) in [6.07, 6.45) is 1.95. The molecule has 24 heavy (non-hydrogen) atoms. The quantitative estimate of drug-likeness (QED) is 0.839. The Balaban J connectivity index is 1.80. The normalized spacial score (nSPS) is 14.0. The van der Waals surface area contributed by atoms with Crippen LogP contribution in [0.15, 0.2) is 72.2 Å². The summed E-state index contributed by atoms with van der Waals surface area (Å²) in [4.78, 5) is 24.2. The molecule has 6 nitrogen and oxygen atoms in total. The van der Waals surface area contributed by atoms with E-state index in [1.807, 2.05) is 0 Å². The Morgan fingerprint density at radius 2 is 1.00 bits per heavy atom. The van der Waals surface area contributed by atoms with Gasteiger partial charge in [-0.15, -0.1) is 0 Å². The lowest BCUT2D eigenvalue weighted by molar-refractivity contribution is -0.117. The number of aromatic hydroxyl groups is 2. The highest BCUT2D eigenvalue weighted by atomic mass is 16.5. The van der Waals surface area contributed by atoms with Crippen LogP contribution in [0, 0.1) is 0 Å². The maximum absolute atomic E-state index is 12.1. The van der Waals surface area contributed by atoms with Gasteiger partial charge in [-0.1, -0.05) is 24.3 Å². The van der Waals surface area contributed by atoms with Crippen molar-refractivity contribution < 1.29 is 29.3 Å². The largest absolute Gasteiger partial charge is 0.504 e. The molecule has 0 aliphatic heterocycles. The molecule has 2 aromatic rings. The average Bonchev–Trinajstić information content (AvgIpc) is 2.56. The molecule has 120 valence electrons. The van der Waals surface area contributed by atoms with E-state index < -0.39 is 11.6 Å². The second-order valence-electron chi connectivity index (χ2n) is 4.89. The maximum atomic E-state index is 12.1. The van der Waals surface area contributed by atoms with Gasteiger partial charge in [-0.3, -0.25) is 9.59 Å². The molecule has 0 saturated heterocycles. The molecule has 2 N–H and O–H groups in total. The molecule has 0 heterocycles. The van der Waals surface area contributed by atoms with Crippen molar-refractivity contribution in [1.82, 2.24) is 0 Å². The fourth-order valence-corrected chi connectivity index (χ4v) is 2.01. The van der Waals surface area contributed by atoms with Crippen LogP contribution in [0.25, 0.3) is 0 Å². The summed E-state index contributed by atoms with van der Waals surface area (Å²) in [5, 5.41) is 19.3. The molecule has 0 atom stereocenters. The molecule has 0 fully saturated rings. The number of carbonyl (C=O) groups is 2. The summed E-state index contributed by atoms with van der Waals surface area (Å²) in [6, 6.07) is 12.2. The van der Waals surface area contributed by atoms with Gasteiger partial charge in [0.15, 0.2) is 34.5 Å². The minimum atomic E-state index is -0.594. The van der Waals surface area contributed by atoms with Crippen molar-refractivity contribution in [3.05, 3.63) is 72.2 Å². The van der Waals surface area contributed by atoms with Gasteiger partial charge in [0.1, 0.15) is 0 Å². The highest BCUT2D eigenvalue weighted by molar-refractivity contribution is 6.18. The van der Waals surface area contributed by atoms with Crippen LogP contribution < -0.4 is 9.47 Å². The average molecular weight is 324 g/mol. The Labute approximate surface area is 136 Å². The molecule has 0 aromatic heterocycles. The number of rotatable bonds is 4. The molecule has 1 aliphatic rings. The van der Waals surface area contributed by atoms with Gasteiger partial charge in [0.05, 0.1) is 0 Å². The van der Waals surface area contributed by atoms with Crippen LogP contribution in [-0.4, -0.2) is 21.8 Å². The molecule has 6 heteroatoms. The summed E-state index contributed by atoms with van der Waals surface area (Å²) >= 11 is 0. The number of ketones is 2. The second-order valence-corrected chi connectivity index (χ2v) is 4.89. The third-order valence-corrected chi connectivity index (χ3v) is 3.18. The van der Waals surface area contributed by atoms with Crippen molar-refractivity contribution in [2.45, 2.75) is 0 Å². The van der Waals surface area contributed by atoms with Crippen LogP contribution in [0.2, 0.25) is 0 Å². The van der Waals surface area contributed by atoms with Crippen molar-refractivity contribution in [2.75, 3.05) is 0 Å². The summed E-state index contributed by atoms with van der Waals surface area (Å²) in [5.41, 5.74) is 0. The molecule has 2 aromatic carbocycles. The molecular formula is C18H12O6. The lowest BCUT2D eigenvalue weighted by atomic mass is 10.1. The first-order valence-electron chi connectivity index (χ1n) is 6.98. The summed E-state index contributed by atoms with van der Waals surface area (Å²) in [5.74, 6) is -1.84. The van der Waals surface area contributed by atoms with Crippen molar-refractivity contribution in [2.24, 2.45) is 0 Å². The molecule has 0 saturated carbocycles. The fourth-order valence-electron chi connectivity index (χ4n) is 2.01. The van der Waals surface area contributed by atoms with E-state index in [-0.39, 0.29) is 34.5 Å². The topological polar surface area (TPSA) is 93.1 Å². The Bertz CT molecular complexity index is 805. The first-order chi connectivity index (χ1) is 11.5. The van der Waals surface area contributed by atoms with Gasteiger partial charge in [-0.25, -0.2) is 0 Å². The number of benzene rings is 2. The Hall–Kier alpha value is -3.54. The van der Waals surface area contributed by atoms with E-state index in [0.29, 0.717) is 0 Å². The van der Waals surface area contributed by atoms with Gasteiger partial charge < -0.3 is 19.7 Å². The zero-order valence-electron chi connectivity index (χ0n) is 12.3. The monoisotopic (exact) mass is 324 g/mol. The first kappa shape index (κ1) is 15.4. The smallest absolute Gasteiger partial charge is 0.225 e. The molecule has 0 bridgehead atoms. The van der Waals surface area contributed by atoms with Gasteiger partial charge in [0, 0.05) is 12.2 Å². The Morgan fingerprint density at radius 1 is 0.625 bits per heavy atom. The SMILES string of the molecule is O=C1C=C(Oc2ccccc2O)C(=O)C=C1Oc1ccccc1O. The number of phenolic OH excluding ortho intramolecular Hbond substituents is 2. The highest BCUT2D eigenvalue weighted by Crippen LogP contribution is 2.30. The summed E-state index contributed by atoms with van der Waals surface area (Å²) < 4.78 is 10.6. The van der Waals surface area contributed by atoms with E-state index in [9.17, 15) is 19.8 Å². The van der Waals surface area contributed by atoms with E-state index in [1.54, 1.807) is 24.3 Å². The minimum Gasteiger partial charge on any atom is -0.504 e. The number of ether oxygens (including phenoxy) is 2. The van der Waals surface area contributed by atoms with E-state index in [4.69, 9.17) is 9.47 Å². The molecule has 3 rings (SSSR count). The van der Waals surface area contributed by atoms with Crippen molar-refractivity contribution in [3.63, 3.8) is 0 Å². The van der Waals surface area contributed by atoms with Crippen LogP contribution in [0.3, 0.4) is 0 Å². The number of para-hydroxylation sites is 4. The van der Waals surface area contributed by atoms with Crippen molar-refractivity contribution in [1.29, 1.82) is 0 Å². The van der Waals surface area contributed by atoms with E-state index in [1.165, 1.54) is 24.3 Å². The summed E-state index contributed by atoms with van der Waals surface area (Å²) in [6.45, 7) is 0. The van der Waals surface area contributed by atoms with Crippen LogP contribution in [0.4, 0.5) is 0 Å². The molecular weight excluding hydrogens is 312 g/mol. The third kappa shape index (κ3) is 3.12. The second kappa shape index (κ2) is 6.29. The van der Waals surface area contributed by atoms with Gasteiger partial charge in [-0.2, -0.15) is 0 Å². The van der Waals surface area contributed by atoms with Crippen molar-refractivity contribution >= 4 is 11.6 Å². The van der Waals surface area contributed by atoms with Gasteiger partial charge in [0.2, 0.25) is 11.6 Å². The zero-order valence-corrected chi connectivity index (χ0v) is 12.3. The highest BCUT2D eigenvalue weighted by Gasteiger charge is 2.25. The Morgan fingerprint density at radius 3 is 1.38 bits per heavy atom. The number of phenols is 2. The lowest BCUT2D eigenvalue weighted by Gasteiger charge is -2.14. The summed E-state index contributed by atoms with van der Waals surface area (Å²) in [7, 11) is 0. The number of hydrogen-bond donors (Lipinski definition) is 2. The van der Waals surface area contributed by atoms with Crippen LogP contribution in [0.5, 0.6) is 23.0 Å².